The van der Waals surface area contributed by atoms with Gasteiger partial charge in [0.25, 0.3) is 0 Å². The van der Waals surface area contributed by atoms with Gasteiger partial charge in [-0.1, -0.05) is 48.5 Å². The van der Waals surface area contributed by atoms with Crippen LogP contribution in [0.5, 0.6) is 5.75 Å². The van der Waals surface area contributed by atoms with Crippen LogP contribution in [0.15, 0.2) is 79.0 Å². The average Bonchev–Trinajstić information content (AvgIpc) is 3.04. The lowest BCUT2D eigenvalue weighted by atomic mass is 10.0. The van der Waals surface area contributed by atoms with Gasteiger partial charge in [-0.25, -0.2) is 4.79 Å². The number of ether oxygens (including phenoxy) is 1. The molecule has 0 amide bonds. The van der Waals surface area contributed by atoms with E-state index in [1.54, 1.807) is 6.20 Å². The molecule has 4 nitrogen and oxygen atoms in total. The van der Waals surface area contributed by atoms with Crippen molar-refractivity contribution in [2.75, 3.05) is 0 Å². The predicted octanol–water partition coefficient (Wildman–Crippen LogP) is 5.12. The molecule has 3 aromatic carbocycles. The Balaban J connectivity index is 1.65. The highest BCUT2D eigenvalue weighted by Crippen LogP contribution is 2.29. The first-order valence-corrected chi connectivity index (χ1v) is 8.71. The highest BCUT2D eigenvalue weighted by atomic mass is 16.5. The number of aryl methyl sites for hydroxylation is 1. The van der Waals surface area contributed by atoms with Crippen LogP contribution in [-0.2, 0) is 13.7 Å². The Labute approximate surface area is 157 Å². The summed E-state index contributed by atoms with van der Waals surface area (Å²) >= 11 is 0. The lowest BCUT2D eigenvalue weighted by molar-refractivity contribution is 0.0699. The van der Waals surface area contributed by atoms with E-state index in [4.69, 9.17) is 4.74 Å². The van der Waals surface area contributed by atoms with Gasteiger partial charge in [0.05, 0.1) is 5.56 Å². The van der Waals surface area contributed by atoms with Crippen molar-refractivity contribution in [2.45, 2.75) is 6.61 Å². The van der Waals surface area contributed by atoms with Gasteiger partial charge in [-0.15, -0.1) is 0 Å². The third kappa shape index (κ3) is 3.42. The molecule has 1 aromatic heterocycles. The van der Waals surface area contributed by atoms with Crippen LogP contribution < -0.4 is 4.74 Å². The highest BCUT2D eigenvalue weighted by Gasteiger charge is 2.13. The zero-order valence-corrected chi connectivity index (χ0v) is 14.9. The zero-order valence-electron chi connectivity index (χ0n) is 14.9. The van der Waals surface area contributed by atoms with Crippen LogP contribution in [0.4, 0.5) is 0 Å². The first kappa shape index (κ1) is 16.9. The van der Waals surface area contributed by atoms with E-state index in [0.717, 1.165) is 33.3 Å². The quantitative estimate of drug-likeness (QED) is 0.539. The Kier molecular flexibility index (Phi) is 4.38. The van der Waals surface area contributed by atoms with Gasteiger partial charge in [-0.05, 0) is 41.0 Å². The summed E-state index contributed by atoms with van der Waals surface area (Å²) in [5.74, 6) is -0.138. The zero-order chi connectivity index (χ0) is 18.8. The molecule has 4 rings (SSSR count). The van der Waals surface area contributed by atoms with Crippen LogP contribution in [0.2, 0.25) is 0 Å². The number of carbonyl (C=O) groups is 1. The second-order valence-corrected chi connectivity index (χ2v) is 6.49. The third-order valence-electron chi connectivity index (χ3n) is 4.64. The van der Waals surface area contributed by atoms with Gasteiger partial charge in [0.15, 0.2) is 0 Å². The maximum Gasteiger partial charge on any atom is 0.337 e. The van der Waals surface area contributed by atoms with Crippen molar-refractivity contribution >= 4 is 16.9 Å². The smallest absolute Gasteiger partial charge is 0.337 e. The molecule has 0 unspecified atom stereocenters. The van der Waals surface area contributed by atoms with Gasteiger partial charge >= 0.3 is 5.97 Å². The van der Waals surface area contributed by atoms with Gasteiger partial charge in [0.1, 0.15) is 12.4 Å². The Morgan fingerprint density at radius 3 is 2.52 bits per heavy atom. The molecule has 0 spiro atoms. The summed E-state index contributed by atoms with van der Waals surface area (Å²) in [6.07, 6.45) is 1.65. The summed E-state index contributed by atoms with van der Waals surface area (Å²) < 4.78 is 7.74. The number of fused-ring (bicyclic) bond motifs is 1. The first-order valence-electron chi connectivity index (χ1n) is 8.71. The number of benzene rings is 3. The molecule has 0 aliphatic rings. The second-order valence-electron chi connectivity index (χ2n) is 6.49. The van der Waals surface area contributed by atoms with E-state index >= 15 is 0 Å². The van der Waals surface area contributed by atoms with E-state index in [2.05, 4.69) is 0 Å². The number of hydrogen-bond acceptors (Lipinski definition) is 2. The molecule has 0 saturated heterocycles. The highest BCUT2D eigenvalue weighted by molar-refractivity contribution is 6.04. The molecule has 0 aliphatic carbocycles. The molecule has 0 radical (unpaired) electrons. The summed E-state index contributed by atoms with van der Waals surface area (Å²) in [5, 5.41) is 10.2. The lowest BCUT2D eigenvalue weighted by Crippen LogP contribution is -1.95. The number of aromatic nitrogens is 1. The fourth-order valence-electron chi connectivity index (χ4n) is 3.25. The lowest BCUT2D eigenvalue weighted by Gasteiger charge is -2.09. The summed E-state index contributed by atoms with van der Waals surface area (Å²) in [7, 11) is 1.85. The van der Waals surface area contributed by atoms with Crippen molar-refractivity contribution in [3.05, 3.63) is 90.1 Å². The number of nitrogens with zero attached hydrogens (tertiary/aromatic N) is 1. The number of hydrogen-bond donors (Lipinski definition) is 1. The predicted molar refractivity (Wildman–Crippen MR) is 106 cm³/mol. The molecule has 0 saturated carbocycles. The van der Waals surface area contributed by atoms with E-state index in [-0.39, 0.29) is 0 Å². The van der Waals surface area contributed by atoms with Crippen LogP contribution in [0.1, 0.15) is 15.9 Å². The van der Waals surface area contributed by atoms with Crippen LogP contribution in [0.25, 0.3) is 22.0 Å². The van der Waals surface area contributed by atoms with E-state index < -0.39 is 5.97 Å². The van der Waals surface area contributed by atoms with Crippen molar-refractivity contribution < 1.29 is 14.6 Å². The Morgan fingerprint density at radius 1 is 0.963 bits per heavy atom. The van der Waals surface area contributed by atoms with E-state index in [9.17, 15) is 9.90 Å². The summed E-state index contributed by atoms with van der Waals surface area (Å²) in [6.45, 7) is 0.505. The SMILES string of the molecule is Cn1cc(C(=O)O)c2cc(-c3cccc(OCc4ccccc4)c3)ccc21. The maximum atomic E-state index is 11.5. The molecular formula is C23H19NO3. The largest absolute Gasteiger partial charge is 0.489 e. The second kappa shape index (κ2) is 7.00. The number of rotatable bonds is 5. The first-order chi connectivity index (χ1) is 13.1. The van der Waals surface area contributed by atoms with Gasteiger partial charge in [-0.3, -0.25) is 0 Å². The third-order valence-corrected chi connectivity index (χ3v) is 4.64. The average molecular weight is 357 g/mol. The Bertz CT molecular complexity index is 1110. The number of carboxylic acids is 1. The number of carboxylic acid groups (broad SMARTS) is 1. The monoisotopic (exact) mass is 357 g/mol. The van der Waals surface area contributed by atoms with Crippen molar-refractivity contribution in [3.63, 3.8) is 0 Å². The molecular weight excluding hydrogens is 338 g/mol. The van der Waals surface area contributed by atoms with Crippen LogP contribution in [-0.4, -0.2) is 15.6 Å². The summed E-state index contributed by atoms with van der Waals surface area (Å²) in [6, 6.07) is 23.8. The molecule has 1 N–H and O–H groups in total. The van der Waals surface area contributed by atoms with Crippen LogP contribution >= 0.6 is 0 Å². The summed E-state index contributed by atoms with van der Waals surface area (Å²) in [4.78, 5) is 11.5. The van der Waals surface area contributed by atoms with Gasteiger partial charge in [0.2, 0.25) is 0 Å². The normalized spacial score (nSPS) is 10.9. The van der Waals surface area contributed by atoms with Crippen molar-refractivity contribution in [3.8, 4) is 16.9 Å². The molecule has 0 aliphatic heterocycles. The Hall–Kier alpha value is -3.53. The topological polar surface area (TPSA) is 51.5 Å². The summed E-state index contributed by atoms with van der Waals surface area (Å²) in [5.41, 5.74) is 4.27. The van der Waals surface area contributed by atoms with Gasteiger partial charge in [-0.2, -0.15) is 0 Å². The number of aromatic carboxylic acids is 1. The van der Waals surface area contributed by atoms with Crippen LogP contribution in [0, 0.1) is 0 Å². The van der Waals surface area contributed by atoms with Crippen molar-refractivity contribution in [1.29, 1.82) is 0 Å². The van der Waals surface area contributed by atoms with Gasteiger partial charge < -0.3 is 14.4 Å². The van der Waals surface area contributed by atoms with Gasteiger partial charge in [0, 0.05) is 24.1 Å². The molecule has 0 atom stereocenters. The van der Waals surface area contributed by atoms with E-state index in [0.29, 0.717) is 12.2 Å². The van der Waals surface area contributed by atoms with E-state index in [1.165, 1.54) is 0 Å². The minimum absolute atomic E-state index is 0.311. The minimum atomic E-state index is -0.919. The molecule has 0 fully saturated rings. The molecule has 4 heteroatoms. The van der Waals surface area contributed by atoms with Crippen molar-refractivity contribution in [1.82, 2.24) is 4.57 Å². The fourth-order valence-corrected chi connectivity index (χ4v) is 3.25. The standard InChI is InChI=1S/C23H19NO3/c1-24-14-21(23(25)26)20-13-18(10-11-22(20)24)17-8-5-9-19(12-17)27-15-16-6-3-2-4-7-16/h2-14H,15H2,1H3,(H,25,26). The molecule has 1 heterocycles. The van der Waals surface area contributed by atoms with E-state index in [1.807, 2.05) is 84.4 Å². The molecule has 4 aromatic rings. The molecule has 0 bridgehead atoms. The minimum Gasteiger partial charge on any atom is -0.489 e. The molecule has 27 heavy (non-hydrogen) atoms. The Morgan fingerprint density at radius 2 is 1.74 bits per heavy atom. The maximum absolute atomic E-state index is 11.5. The fraction of sp³-hybridized carbons (Fsp3) is 0.0870. The van der Waals surface area contributed by atoms with Crippen molar-refractivity contribution in [2.24, 2.45) is 7.05 Å². The van der Waals surface area contributed by atoms with Crippen LogP contribution in [0.3, 0.4) is 0 Å². The molecule has 134 valence electrons.